The highest BCUT2D eigenvalue weighted by Gasteiger charge is 2.22. The molecule has 0 fully saturated rings. The average molecular weight is 280 g/mol. The molecule has 0 radical (unpaired) electrons. The van der Waals surface area contributed by atoms with E-state index in [1.54, 1.807) is 6.07 Å². The Labute approximate surface area is 114 Å². The topological polar surface area (TPSA) is 12.0 Å². The van der Waals surface area contributed by atoms with E-state index in [9.17, 15) is 4.39 Å². The molecule has 0 spiro atoms. The predicted octanol–water partition coefficient (Wildman–Crippen LogP) is 4.74. The van der Waals surface area contributed by atoms with Crippen molar-refractivity contribution in [1.29, 1.82) is 0 Å². The lowest BCUT2D eigenvalue weighted by molar-refractivity contribution is 0.628. The van der Waals surface area contributed by atoms with Gasteiger partial charge in [0.25, 0.3) is 0 Å². The third-order valence-electron chi connectivity index (χ3n) is 2.96. The first-order chi connectivity index (χ1) is 8.74. The van der Waals surface area contributed by atoms with Crippen molar-refractivity contribution in [2.45, 2.75) is 10.9 Å². The standard InChI is InChI=1S/C14H11ClFNS/c15-11-7-9(16)5-6-12(11)17-13-8-18-14-4-2-1-3-10(13)14/h1-7,13,17H,8H2. The monoisotopic (exact) mass is 279 g/mol. The molecular weight excluding hydrogens is 269 g/mol. The van der Waals surface area contributed by atoms with Crippen LogP contribution in [0.3, 0.4) is 0 Å². The molecule has 0 amide bonds. The molecule has 1 unspecified atom stereocenters. The molecule has 0 aliphatic carbocycles. The number of nitrogens with one attached hydrogen (secondary N) is 1. The van der Waals surface area contributed by atoms with Crippen molar-refractivity contribution in [3.8, 4) is 0 Å². The van der Waals surface area contributed by atoms with Gasteiger partial charge in [-0.1, -0.05) is 29.8 Å². The van der Waals surface area contributed by atoms with E-state index in [0.717, 1.165) is 11.4 Å². The van der Waals surface area contributed by atoms with Gasteiger partial charge in [0.2, 0.25) is 0 Å². The largest absolute Gasteiger partial charge is 0.376 e. The van der Waals surface area contributed by atoms with Crippen LogP contribution in [0, 0.1) is 5.82 Å². The molecule has 4 heteroatoms. The van der Waals surface area contributed by atoms with E-state index in [2.05, 4.69) is 17.4 Å². The van der Waals surface area contributed by atoms with Crippen LogP contribution in [0.15, 0.2) is 47.4 Å². The van der Waals surface area contributed by atoms with Crippen LogP contribution in [0.1, 0.15) is 11.6 Å². The molecule has 0 bridgehead atoms. The van der Waals surface area contributed by atoms with Gasteiger partial charge in [-0.05, 0) is 29.8 Å². The first-order valence-corrected chi connectivity index (χ1v) is 7.04. The van der Waals surface area contributed by atoms with E-state index in [1.807, 2.05) is 23.9 Å². The van der Waals surface area contributed by atoms with Crippen molar-refractivity contribution in [2.24, 2.45) is 0 Å². The minimum Gasteiger partial charge on any atom is -0.376 e. The number of benzene rings is 2. The quantitative estimate of drug-likeness (QED) is 0.852. The normalized spacial score (nSPS) is 17.6. The average Bonchev–Trinajstić information content (AvgIpc) is 2.76. The Morgan fingerprint density at radius 2 is 2.06 bits per heavy atom. The Balaban J connectivity index is 1.86. The lowest BCUT2D eigenvalue weighted by Crippen LogP contribution is -2.10. The van der Waals surface area contributed by atoms with Gasteiger partial charge in [-0.25, -0.2) is 4.39 Å². The highest BCUT2D eigenvalue weighted by atomic mass is 35.5. The second-order valence-corrected chi connectivity index (χ2v) is 5.64. The molecule has 3 rings (SSSR count). The number of hydrogen-bond donors (Lipinski definition) is 1. The van der Waals surface area contributed by atoms with Gasteiger partial charge in [0, 0.05) is 10.6 Å². The lowest BCUT2D eigenvalue weighted by Gasteiger charge is -2.15. The molecule has 18 heavy (non-hydrogen) atoms. The Hall–Kier alpha value is -1.19. The SMILES string of the molecule is Fc1ccc(NC2CSc3ccccc32)c(Cl)c1. The van der Waals surface area contributed by atoms with E-state index < -0.39 is 0 Å². The Morgan fingerprint density at radius 3 is 2.89 bits per heavy atom. The number of anilines is 1. The molecule has 2 aromatic rings. The van der Waals surface area contributed by atoms with Gasteiger partial charge >= 0.3 is 0 Å². The maximum atomic E-state index is 13.0. The molecule has 0 saturated heterocycles. The van der Waals surface area contributed by atoms with Crippen LogP contribution in [0.4, 0.5) is 10.1 Å². The van der Waals surface area contributed by atoms with E-state index in [1.165, 1.54) is 22.6 Å². The van der Waals surface area contributed by atoms with Crippen LogP contribution in [0.25, 0.3) is 0 Å². The molecule has 92 valence electrons. The Kier molecular flexibility index (Phi) is 3.18. The smallest absolute Gasteiger partial charge is 0.124 e. The van der Waals surface area contributed by atoms with Gasteiger partial charge in [0.1, 0.15) is 5.82 Å². The fourth-order valence-corrected chi connectivity index (χ4v) is 3.46. The molecule has 2 aromatic carbocycles. The van der Waals surface area contributed by atoms with Gasteiger partial charge < -0.3 is 5.32 Å². The zero-order chi connectivity index (χ0) is 12.5. The van der Waals surface area contributed by atoms with Crippen LogP contribution in [0.2, 0.25) is 5.02 Å². The second-order valence-electron chi connectivity index (χ2n) is 4.17. The molecule has 1 heterocycles. The summed E-state index contributed by atoms with van der Waals surface area (Å²) in [5.74, 6) is 0.652. The van der Waals surface area contributed by atoms with Crippen molar-refractivity contribution in [3.05, 3.63) is 58.9 Å². The van der Waals surface area contributed by atoms with Crippen molar-refractivity contribution >= 4 is 29.1 Å². The first kappa shape index (κ1) is 11.9. The fourth-order valence-electron chi connectivity index (χ4n) is 2.08. The van der Waals surface area contributed by atoms with Crippen LogP contribution < -0.4 is 5.32 Å². The molecule has 0 aromatic heterocycles. The lowest BCUT2D eigenvalue weighted by atomic mass is 10.1. The summed E-state index contributed by atoms with van der Waals surface area (Å²) in [6.45, 7) is 0. The molecule has 1 N–H and O–H groups in total. The minimum absolute atomic E-state index is 0.231. The van der Waals surface area contributed by atoms with Crippen LogP contribution in [-0.2, 0) is 0 Å². The summed E-state index contributed by atoms with van der Waals surface area (Å²) >= 11 is 7.85. The van der Waals surface area contributed by atoms with Gasteiger partial charge in [-0.3, -0.25) is 0 Å². The summed E-state index contributed by atoms with van der Waals surface area (Å²) < 4.78 is 13.0. The third-order valence-corrected chi connectivity index (χ3v) is 4.46. The van der Waals surface area contributed by atoms with Crippen molar-refractivity contribution < 1.29 is 4.39 Å². The Morgan fingerprint density at radius 1 is 1.22 bits per heavy atom. The third kappa shape index (κ3) is 2.20. The van der Waals surface area contributed by atoms with E-state index in [-0.39, 0.29) is 11.9 Å². The summed E-state index contributed by atoms with van der Waals surface area (Å²) in [4.78, 5) is 1.30. The van der Waals surface area contributed by atoms with Crippen molar-refractivity contribution in [2.75, 3.05) is 11.1 Å². The molecule has 1 aliphatic heterocycles. The molecular formula is C14H11ClFNS. The minimum atomic E-state index is -0.313. The fraction of sp³-hybridized carbons (Fsp3) is 0.143. The van der Waals surface area contributed by atoms with Gasteiger partial charge in [0.15, 0.2) is 0 Å². The van der Waals surface area contributed by atoms with Gasteiger partial charge in [0.05, 0.1) is 16.8 Å². The number of halogens is 2. The van der Waals surface area contributed by atoms with Crippen molar-refractivity contribution in [1.82, 2.24) is 0 Å². The number of hydrogen-bond acceptors (Lipinski definition) is 2. The van der Waals surface area contributed by atoms with E-state index in [4.69, 9.17) is 11.6 Å². The van der Waals surface area contributed by atoms with Crippen LogP contribution in [0.5, 0.6) is 0 Å². The number of fused-ring (bicyclic) bond motifs is 1. The van der Waals surface area contributed by atoms with Gasteiger partial charge in [-0.2, -0.15) is 0 Å². The highest BCUT2D eigenvalue weighted by molar-refractivity contribution is 7.99. The molecule has 1 aliphatic rings. The zero-order valence-electron chi connectivity index (χ0n) is 9.49. The summed E-state index contributed by atoms with van der Waals surface area (Å²) in [6.07, 6.45) is 0. The zero-order valence-corrected chi connectivity index (χ0v) is 11.1. The predicted molar refractivity (Wildman–Crippen MR) is 74.9 cm³/mol. The highest BCUT2D eigenvalue weighted by Crippen LogP contribution is 2.40. The summed E-state index contributed by atoms with van der Waals surface area (Å²) in [6, 6.07) is 13.0. The Bertz CT molecular complexity index is 588. The summed E-state index contributed by atoms with van der Waals surface area (Å²) in [7, 11) is 0. The van der Waals surface area contributed by atoms with Gasteiger partial charge in [-0.15, -0.1) is 11.8 Å². The molecule has 0 saturated carbocycles. The maximum absolute atomic E-state index is 13.0. The summed E-state index contributed by atoms with van der Waals surface area (Å²) in [5, 5.41) is 3.79. The molecule has 1 nitrogen and oxygen atoms in total. The van der Waals surface area contributed by atoms with Crippen molar-refractivity contribution in [3.63, 3.8) is 0 Å². The van der Waals surface area contributed by atoms with E-state index >= 15 is 0 Å². The number of rotatable bonds is 2. The number of thioether (sulfide) groups is 1. The van der Waals surface area contributed by atoms with Crippen LogP contribution >= 0.6 is 23.4 Å². The maximum Gasteiger partial charge on any atom is 0.124 e. The van der Waals surface area contributed by atoms with E-state index in [0.29, 0.717) is 5.02 Å². The molecule has 1 atom stereocenters. The first-order valence-electron chi connectivity index (χ1n) is 5.67. The summed E-state index contributed by atoms with van der Waals surface area (Å²) in [5.41, 5.74) is 2.06. The second kappa shape index (κ2) is 4.82. The van der Waals surface area contributed by atoms with Crippen LogP contribution in [-0.4, -0.2) is 5.75 Å².